The van der Waals surface area contributed by atoms with Crippen molar-refractivity contribution in [1.82, 2.24) is 10.2 Å². The maximum absolute atomic E-state index is 12.9. The van der Waals surface area contributed by atoms with E-state index in [-0.39, 0.29) is 37.2 Å². The summed E-state index contributed by atoms with van der Waals surface area (Å²) in [4.78, 5) is 28.2. The predicted molar refractivity (Wildman–Crippen MR) is 115 cm³/mol. The van der Waals surface area contributed by atoms with Crippen LogP contribution in [0, 0.1) is 0 Å². The second kappa shape index (κ2) is 10.3. The Morgan fingerprint density at radius 1 is 1.23 bits per heavy atom. The van der Waals surface area contributed by atoms with E-state index in [9.17, 15) is 22.8 Å². The number of rotatable bonds is 8. The van der Waals surface area contributed by atoms with E-state index in [0.717, 1.165) is 37.8 Å². The molecule has 0 radical (unpaired) electrons. The van der Waals surface area contributed by atoms with Gasteiger partial charge in [-0.3, -0.25) is 9.59 Å². The number of hydrogen-bond donors (Lipinski definition) is 1. The van der Waals surface area contributed by atoms with Crippen LogP contribution >= 0.6 is 11.3 Å². The largest absolute Gasteiger partial charge is 0.416 e. The summed E-state index contributed by atoms with van der Waals surface area (Å²) in [5.41, 5.74) is 0.940. The Bertz CT molecular complexity index is 910. The Morgan fingerprint density at radius 3 is 2.77 bits per heavy atom. The van der Waals surface area contributed by atoms with Crippen LogP contribution in [0.5, 0.6) is 0 Å². The average Bonchev–Trinajstić information content (AvgIpc) is 3.23. The van der Waals surface area contributed by atoms with Crippen molar-refractivity contribution in [1.29, 1.82) is 0 Å². The standard InChI is InChI=1S/C23H27F3N2O2S/c1-2-3-7-19-22-17(11-13-31-22)10-12-28(19)21(30)9-8-20(29)27-15-16-5-4-6-18(14-16)23(24,25)26/h4-6,11,13-14,19H,2-3,7-10,12,15H2,1H3,(H,27,29). The number of nitrogens with one attached hydrogen (secondary N) is 1. The first-order valence-corrected chi connectivity index (χ1v) is 11.5. The zero-order valence-electron chi connectivity index (χ0n) is 17.5. The van der Waals surface area contributed by atoms with Gasteiger partial charge in [0.25, 0.3) is 0 Å². The Kier molecular flexibility index (Phi) is 7.75. The molecule has 0 aliphatic carbocycles. The quantitative estimate of drug-likeness (QED) is 0.577. The van der Waals surface area contributed by atoms with Crippen LogP contribution in [0.3, 0.4) is 0 Å². The highest BCUT2D eigenvalue weighted by molar-refractivity contribution is 7.10. The van der Waals surface area contributed by atoms with Gasteiger partial charge in [0.05, 0.1) is 11.6 Å². The molecule has 8 heteroatoms. The summed E-state index contributed by atoms with van der Waals surface area (Å²) < 4.78 is 38.4. The molecule has 1 aromatic carbocycles. The number of thiophene rings is 1. The number of alkyl halides is 3. The molecule has 1 atom stereocenters. The van der Waals surface area contributed by atoms with Crippen LogP contribution in [0.1, 0.15) is 66.6 Å². The number of amides is 2. The Balaban J connectivity index is 1.52. The number of hydrogen-bond acceptors (Lipinski definition) is 3. The van der Waals surface area contributed by atoms with Crippen molar-refractivity contribution in [3.63, 3.8) is 0 Å². The fourth-order valence-corrected chi connectivity index (χ4v) is 4.98. The summed E-state index contributed by atoms with van der Waals surface area (Å²) in [6.07, 6.45) is -0.478. The molecule has 0 fully saturated rings. The lowest BCUT2D eigenvalue weighted by Crippen LogP contribution is -2.40. The van der Waals surface area contributed by atoms with Crippen LogP contribution in [0.25, 0.3) is 0 Å². The average molecular weight is 453 g/mol. The molecule has 2 amide bonds. The smallest absolute Gasteiger partial charge is 0.352 e. The first-order chi connectivity index (χ1) is 14.8. The minimum absolute atomic E-state index is 0.00165. The van der Waals surface area contributed by atoms with Crippen LogP contribution in [0.4, 0.5) is 13.2 Å². The SMILES string of the molecule is CCCCC1c2sccc2CCN1C(=O)CCC(=O)NCc1cccc(C(F)(F)F)c1. The Morgan fingerprint density at radius 2 is 2.03 bits per heavy atom. The van der Waals surface area contributed by atoms with E-state index in [1.165, 1.54) is 22.6 Å². The van der Waals surface area contributed by atoms with Gasteiger partial charge in [-0.2, -0.15) is 13.2 Å². The summed E-state index contributed by atoms with van der Waals surface area (Å²) in [7, 11) is 0. The molecule has 2 heterocycles. The molecule has 3 rings (SSSR count). The van der Waals surface area contributed by atoms with Crippen molar-refractivity contribution in [2.75, 3.05) is 6.54 Å². The van der Waals surface area contributed by atoms with Crippen LogP contribution in [0.15, 0.2) is 35.7 Å². The second-order valence-corrected chi connectivity index (χ2v) is 8.73. The highest BCUT2D eigenvalue weighted by Gasteiger charge is 2.32. The highest BCUT2D eigenvalue weighted by atomic mass is 32.1. The Hall–Kier alpha value is -2.35. The number of unbranched alkanes of at least 4 members (excludes halogenated alkanes) is 1. The zero-order chi connectivity index (χ0) is 22.4. The van der Waals surface area contributed by atoms with E-state index >= 15 is 0 Å². The van der Waals surface area contributed by atoms with Gasteiger partial charge in [0.15, 0.2) is 0 Å². The first kappa shape index (κ1) is 23.3. The molecule has 168 valence electrons. The molecule has 1 aliphatic heterocycles. The topological polar surface area (TPSA) is 49.4 Å². The van der Waals surface area contributed by atoms with Gasteiger partial charge in [-0.05, 0) is 47.5 Å². The molecule has 31 heavy (non-hydrogen) atoms. The van der Waals surface area contributed by atoms with Gasteiger partial charge >= 0.3 is 6.18 Å². The van der Waals surface area contributed by atoms with E-state index in [1.807, 2.05) is 4.90 Å². The first-order valence-electron chi connectivity index (χ1n) is 10.6. The molecule has 1 unspecified atom stereocenters. The molecular weight excluding hydrogens is 425 g/mol. The summed E-state index contributed by atoms with van der Waals surface area (Å²) in [6.45, 7) is 2.78. The fourth-order valence-electron chi connectivity index (χ4n) is 3.88. The predicted octanol–water partition coefficient (Wildman–Crippen LogP) is 5.48. The number of fused-ring (bicyclic) bond motifs is 1. The van der Waals surface area contributed by atoms with Gasteiger partial charge in [-0.1, -0.05) is 31.9 Å². The van der Waals surface area contributed by atoms with Crippen LogP contribution in [-0.2, 0) is 28.7 Å². The van der Waals surface area contributed by atoms with E-state index in [0.29, 0.717) is 12.1 Å². The molecule has 4 nitrogen and oxygen atoms in total. The van der Waals surface area contributed by atoms with Crippen molar-refractivity contribution in [2.24, 2.45) is 0 Å². The maximum Gasteiger partial charge on any atom is 0.416 e. The van der Waals surface area contributed by atoms with E-state index in [4.69, 9.17) is 0 Å². The molecule has 1 aromatic heterocycles. The number of carbonyl (C=O) groups is 2. The third-order valence-electron chi connectivity index (χ3n) is 5.54. The highest BCUT2D eigenvalue weighted by Crippen LogP contribution is 2.37. The molecule has 0 bridgehead atoms. The minimum Gasteiger partial charge on any atom is -0.352 e. The third-order valence-corrected chi connectivity index (χ3v) is 6.60. The lowest BCUT2D eigenvalue weighted by Gasteiger charge is -2.36. The lowest BCUT2D eigenvalue weighted by atomic mass is 9.96. The van der Waals surface area contributed by atoms with Crippen molar-refractivity contribution >= 4 is 23.2 Å². The van der Waals surface area contributed by atoms with Crippen molar-refractivity contribution in [3.05, 3.63) is 57.3 Å². The van der Waals surface area contributed by atoms with E-state index in [1.54, 1.807) is 11.3 Å². The summed E-state index contributed by atoms with van der Waals surface area (Å²) in [6, 6.07) is 7.07. The van der Waals surface area contributed by atoms with Crippen LogP contribution < -0.4 is 5.32 Å². The summed E-state index contributed by atoms with van der Waals surface area (Å²) in [5.74, 6) is -0.390. The van der Waals surface area contributed by atoms with E-state index in [2.05, 4.69) is 23.7 Å². The summed E-state index contributed by atoms with van der Waals surface area (Å²) >= 11 is 1.68. The van der Waals surface area contributed by atoms with Gasteiger partial charge in [0.1, 0.15) is 0 Å². The van der Waals surface area contributed by atoms with Crippen LogP contribution in [-0.4, -0.2) is 23.3 Å². The number of carbonyl (C=O) groups excluding carboxylic acids is 2. The minimum atomic E-state index is -4.42. The van der Waals surface area contributed by atoms with Crippen LogP contribution in [0.2, 0.25) is 0 Å². The van der Waals surface area contributed by atoms with Gasteiger partial charge in [-0.15, -0.1) is 11.3 Å². The Labute approximate surface area is 184 Å². The molecule has 0 saturated carbocycles. The molecule has 1 N–H and O–H groups in total. The summed E-state index contributed by atoms with van der Waals surface area (Å²) in [5, 5.41) is 4.69. The van der Waals surface area contributed by atoms with Gasteiger partial charge in [0, 0.05) is 30.8 Å². The third kappa shape index (κ3) is 6.09. The number of nitrogens with zero attached hydrogens (tertiary/aromatic N) is 1. The second-order valence-electron chi connectivity index (χ2n) is 7.78. The number of benzene rings is 1. The molecule has 1 aliphatic rings. The lowest BCUT2D eigenvalue weighted by molar-refractivity contribution is -0.137. The normalized spacial score (nSPS) is 16.1. The molecule has 0 spiro atoms. The van der Waals surface area contributed by atoms with Crippen molar-refractivity contribution < 1.29 is 22.8 Å². The maximum atomic E-state index is 12.9. The van der Waals surface area contributed by atoms with Gasteiger partial charge in [-0.25, -0.2) is 0 Å². The monoisotopic (exact) mass is 452 g/mol. The van der Waals surface area contributed by atoms with Gasteiger partial charge in [0.2, 0.25) is 11.8 Å². The van der Waals surface area contributed by atoms with E-state index < -0.39 is 11.7 Å². The zero-order valence-corrected chi connectivity index (χ0v) is 18.3. The molecule has 0 saturated heterocycles. The van der Waals surface area contributed by atoms with Crippen molar-refractivity contribution in [3.8, 4) is 0 Å². The van der Waals surface area contributed by atoms with Crippen molar-refractivity contribution in [2.45, 2.75) is 64.2 Å². The number of halogens is 3. The van der Waals surface area contributed by atoms with Gasteiger partial charge < -0.3 is 10.2 Å². The molecule has 2 aromatic rings. The fraction of sp³-hybridized carbons (Fsp3) is 0.478. The molecular formula is C23H27F3N2O2S.